The van der Waals surface area contributed by atoms with Gasteiger partial charge in [0.2, 0.25) is 0 Å². The van der Waals surface area contributed by atoms with E-state index in [2.05, 4.69) is 10.2 Å². The van der Waals surface area contributed by atoms with E-state index < -0.39 is 0 Å². The van der Waals surface area contributed by atoms with Gasteiger partial charge in [0.25, 0.3) is 11.8 Å². The molecule has 0 bridgehead atoms. The van der Waals surface area contributed by atoms with Gasteiger partial charge in [0.15, 0.2) is 0 Å². The van der Waals surface area contributed by atoms with Crippen LogP contribution in [0.15, 0.2) is 72.8 Å². The Morgan fingerprint density at radius 1 is 0.794 bits per heavy atom. The third-order valence-electron chi connectivity index (χ3n) is 5.91. The summed E-state index contributed by atoms with van der Waals surface area (Å²) in [5, 5.41) is 2.90. The monoisotopic (exact) mass is 459 g/mol. The number of ether oxygens (including phenoxy) is 2. The van der Waals surface area contributed by atoms with Crippen LogP contribution >= 0.6 is 0 Å². The zero-order valence-electron chi connectivity index (χ0n) is 19.5. The molecular formula is C27H29N3O4. The largest absolute Gasteiger partial charge is 0.497 e. The standard InChI is InChI=1S/C27H29N3O4/c1-33-24-16-22(17-25(18-24)34-2)27(32)30-14-12-29(13-15-30)19-20-8-10-21(11-9-20)26(31)28-23-6-4-3-5-7-23/h3-11,16-18H,12-15,19H2,1-2H3,(H,28,31). The summed E-state index contributed by atoms with van der Waals surface area (Å²) in [6.07, 6.45) is 0. The van der Waals surface area contributed by atoms with Crippen molar-refractivity contribution in [3.05, 3.63) is 89.5 Å². The van der Waals surface area contributed by atoms with Crippen molar-refractivity contribution >= 4 is 17.5 Å². The van der Waals surface area contributed by atoms with Crippen molar-refractivity contribution in [2.45, 2.75) is 6.54 Å². The maximum atomic E-state index is 13.0. The molecular weight excluding hydrogens is 430 g/mol. The molecule has 176 valence electrons. The molecule has 1 aliphatic rings. The normalized spacial score (nSPS) is 13.9. The fourth-order valence-corrected chi connectivity index (χ4v) is 3.97. The van der Waals surface area contributed by atoms with Gasteiger partial charge in [0, 0.05) is 55.6 Å². The van der Waals surface area contributed by atoms with Gasteiger partial charge in [-0.15, -0.1) is 0 Å². The van der Waals surface area contributed by atoms with Gasteiger partial charge in [0.1, 0.15) is 11.5 Å². The quantitative estimate of drug-likeness (QED) is 0.580. The fourth-order valence-electron chi connectivity index (χ4n) is 3.97. The van der Waals surface area contributed by atoms with E-state index in [1.807, 2.05) is 59.5 Å². The van der Waals surface area contributed by atoms with Gasteiger partial charge < -0.3 is 19.7 Å². The van der Waals surface area contributed by atoms with E-state index in [9.17, 15) is 9.59 Å². The summed E-state index contributed by atoms with van der Waals surface area (Å²) in [6, 6.07) is 22.3. The lowest BCUT2D eigenvalue weighted by Gasteiger charge is -2.35. The molecule has 1 aliphatic heterocycles. The number of piperazine rings is 1. The first-order chi connectivity index (χ1) is 16.6. The first-order valence-corrected chi connectivity index (χ1v) is 11.3. The first-order valence-electron chi connectivity index (χ1n) is 11.3. The van der Waals surface area contributed by atoms with Crippen molar-refractivity contribution in [2.24, 2.45) is 0 Å². The zero-order chi connectivity index (χ0) is 23.9. The number of anilines is 1. The first kappa shape index (κ1) is 23.3. The van der Waals surface area contributed by atoms with Crippen molar-refractivity contribution < 1.29 is 19.1 Å². The number of hydrogen-bond donors (Lipinski definition) is 1. The number of benzene rings is 3. The molecule has 1 heterocycles. The lowest BCUT2D eigenvalue weighted by molar-refractivity contribution is 0.0627. The van der Waals surface area contributed by atoms with Crippen LogP contribution in [0.1, 0.15) is 26.3 Å². The molecule has 0 atom stereocenters. The predicted octanol–water partition coefficient (Wildman–Crippen LogP) is 3.91. The smallest absolute Gasteiger partial charge is 0.255 e. The molecule has 2 amide bonds. The van der Waals surface area contributed by atoms with E-state index in [0.29, 0.717) is 35.7 Å². The van der Waals surface area contributed by atoms with Crippen LogP contribution in [0.5, 0.6) is 11.5 Å². The van der Waals surface area contributed by atoms with E-state index >= 15 is 0 Å². The summed E-state index contributed by atoms with van der Waals surface area (Å²) in [5.41, 5.74) is 3.09. The van der Waals surface area contributed by atoms with Crippen LogP contribution in [0.2, 0.25) is 0 Å². The summed E-state index contributed by atoms with van der Waals surface area (Å²) >= 11 is 0. The van der Waals surface area contributed by atoms with Crippen LogP contribution in [0.4, 0.5) is 5.69 Å². The number of carbonyl (C=O) groups excluding carboxylic acids is 2. The van der Waals surface area contributed by atoms with Gasteiger partial charge in [-0.2, -0.15) is 0 Å². The molecule has 3 aromatic rings. The summed E-state index contributed by atoms with van der Waals surface area (Å²) in [7, 11) is 3.15. The van der Waals surface area contributed by atoms with Crippen molar-refractivity contribution in [3.8, 4) is 11.5 Å². The number of carbonyl (C=O) groups is 2. The van der Waals surface area contributed by atoms with Crippen LogP contribution in [0, 0.1) is 0 Å². The Morgan fingerprint density at radius 3 is 2.00 bits per heavy atom. The minimum Gasteiger partial charge on any atom is -0.497 e. The highest BCUT2D eigenvalue weighted by Crippen LogP contribution is 2.24. The number of rotatable bonds is 7. The minimum atomic E-state index is -0.126. The van der Waals surface area contributed by atoms with Crippen LogP contribution in [-0.2, 0) is 6.54 Å². The SMILES string of the molecule is COc1cc(OC)cc(C(=O)N2CCN(Cc3ccc(C(=O)Nc4ccccc4)cc3)CC2)c1. The highest BCUT2D eigenvalue weighted by molar-refractivity contribution is 6.04. The number of nitrogens with zero attached hydrogens (tertiary/aromatic N) is 2. The Kier molecular flexibility index (Phi) is 7.44. The molecule has 7 nitrogen and oxygen atoms in total. The van der Waals surface area contributed by atoms with E-state index in [4.69, 9.17) is 9.47 Å². The van der Waals surface area contributed by atoms with Gasteiger partial charge in [-0.05, 0) is 42.0 Å². The second-order valence-corrected chi connectivity index (χ2v) is 8.19. The Morgan fingerprint density at radius 2 is 1.41 bits per heavy atom. The molecule has 3 aromatic carbocycles. The van der Waals surface area contributed by atoms with Gasteiger partial charge in [-0.25, -0.2) is 0 Å². The van der Waals surface area contributed by atoms with Crippen LogP contribution in [0.3, 0.4) is 0 Å². The van der Waals surface area contributed by atoms with Gasteiger partial charge in [0.05, 0.1) is 14.2 Å². The number of methoxy groups -OCH3 is 2. The molecule has 0 radical (unpaired) electrons. The van der Waals surface area contributed by atoms with Crippen molar-refractivity contribution in [3.63, 3.8) is 0 Å². The Hall–Kier alpha value is -3.84. The van der Waals surface area contributed by atoms with Crippen molar-refractivity contribution in [1.29, 1.82) is 0 Å². The second-order valence-electron chi connectivity index (χ2n) is 8.19. The van der Waals surface area contributed by atoms with E-state index in [1.165, 1.54) is 0 Å². The summed E-state index contributed by atoms with van der Waals surface area (Å²) in [5.74, 6) is 1.05. The second kappa shape index (κ2) is 10.9. The maximum Gasteiger partial charge on any atom is 0.255 e. The van der Waals surface area contributed by atoms with Gasteiger partial charge in [-0.1, -0.05) is 30.3 Å². The molecule has 0 spiro atoms. The highest BCUT2D eigenvalue weighted by atomic mass is 16.5. The van der Waals surface area contributed by atoms with E-state index in [0.717, 1.165) is 30.9 Å². The van der Waals surface area contributed by atoms with Crippen LogP contribution in [0.25, 0.3) is 0 Å². The number of amides is 2. The molecule has 0 aromatic heterocycles. The Balaban J connectivity index is 1.30. The maximum absolute atomic E-state index is 13.0. The molecule has 1 N–H and O–H groups in total. The van der Waals surface area contributed by atoms with E-state index in [1.54, 1.807) is 32.4 Å². The fraction of sp³-hybridized carbons (Fsp3) is 0.259. The summed E-state index contributed by atoms with van der Waals surface area (Å²) < 4.78 is 10.6. The summed E-state index contributed by atoms with van der Waals surface area (Å²) in [6.45, 7) is 3.63. The topological polar surface area (TPSA) is 71.1 Å². The van der Waals surface area contributed by atoms with Crippen molar-refractivity contribution in [1.82, 2.24) is 9.80 Å². The van der Waals surface area contributed by atoms with Crippen molar-refractivity contribution in [2.75, 3.05) is 45.7 Å². The van der Waals surface area contributed by atoms with Gasteiger partial charge in [-0.3, -0.25) is 14.5 Å². The molecule has 7 heteroatoms. The van der Waals surface area contributed by atoms with E-state index in [-0.39, 0.29) is 11.8 Å². The summed E-state index contributed by atoms with van der Waals surface area (Å²) in [4.78, 5) is 29.6. The average Bonchev–Trinajstić information content (AvgIpc) is 2.89. The number of nitrogens with one attached hydrogen (secondary N) is 1. The zero-order valence-corrected chi connectivity index (χ0v) is 19.5. The lowest BCUT2D eigenvalue weighted by atomic mass is 10.1. The molecule has 4 rings (SSSR count). The highest BCUT2D eigenvalue weighted by Gasteiger charge is 2.23. The van der Waals surface area contributed by atoms with Crippen LogP contribution < -0.4 is 14.8 Å². The Labute approximate surface area is 199 Å². The average molecular weight is 460 g/mol. The lowest BCUT2D eigenvalue weighted by Crippen LogP contribution is -2.48. The molecule has 0 aliphatic carbocycles. The third-order valence-corrected chi connectivity index (χ3v) is 5.91. The third kappa shape index (κ3) is 5.74. The number of hydrogen-bond acceptors (Lipinski definition) is 5. The molecule has 0 unspecified atom stereocenters. The molecule has 0 saturated carbocycles. The molecule has 1 fully saturated rings. The Bertz CT molecular complexity index is 1100. The minimum absolute atomic E-state index is 0.0226. The molecule has 34 heavy (non-hydrogen) atoms. The van der Waals surface area contributed by atoms with Crippen LogP contribution in [-0.4, -0.2) is 62.0 Å². The number of para-hydroxylation sites is 1. The van der Waals surface area contributed by atoms with Gasteiger partial charge >= 0.3 is 0 Å². The molecule has 1 saturated heterocycles. The predicted molar refractivity (Wildman–Crippen MR) is 132 cm³/mol.